The number of aryl methyl sites for hydroxylation is 1. The Hall–Kier alpha value is -2.62. The van der Waals surface area contributed by atoms with Crippen molar-refractivity contribution in [3.63, 3.8) is 0 Å². The van der Waals surface area contributed by atoms with E-state index in [-0.39, 0.29) is 15.0 Å². The third-order valence-corrected chi connectivity index (χ3v) is 4.54. The van der Waals surface area contributed by atoms with Gasteiger partial charge in [0, 0.05) is 0 Å². The molecule has 0 atom stereocenters. The van der Waals surface area contributed by atoms with Crippen molar-refractivity contribution in [2.75, 3.05) is 17.2 Å². The SMILES string of the molecule is Cn1cnc2c(NCc3ccccc3)nc(NCC[Se]C#N)nc21. The summed E-state index contributed by atoms with van der Waals surface area (Å²) < 4.78 is 1.87. The number of anilines is 2. The van der Waals surface area contributed by atoms with Crippen molar-refractivity contribution in [3.05, 3.63) is 42.2 Å². The van der Waals surface area contributed by atoms with Gasteiger partial charge >= 0.3 is 146 Å². The molecule has 3 rings (SSSR count). The molecule has 0 spiro atoms. The van der Waals surface area contributed by atoms with Crippen molar-refractivity contribution < 1.29 is 0 Å². The third kappa shape index (κ3) is 3.82. The molecule has 0 radical (unpaired) electrons. The number of nitrogens with zero attached hydrogens (tertiary/aromatic N) is 5. The Bertz CT molecular complexity index is 854. The fraction of sp³-hybridized carbons (Fsp3) is 0.250. The van der Waals surface area contributed by atoms with E-state index in [2.05, 4.69) is 42.7 Å². The fourth-order valence-corrected chi connectivity index (χ4v) is 2.87. The molecule has 0 aliphatic rings. The van der Waals surface area contributed by atoms with Crippen molar-refractivity contribution >= 4 is 37.9 Å². The van der Waals surface area contributed by atoms with Gasteiger partial charge in [0.05, 0.1) is 0 Å². The summed E-state index contributed by atoms with van der Waals surface area (Å²) in [6.45, 7) is 1.36. The summed E-state index contributed by atoms with van der Waals surface area (Å²) in [4.78, 5) is 15.6. The van der Waals surface area contributed by atoms with Gasteiger partial charge in [-0.05, 0) is 0 Å². The van der Waals surface area contributed by atoms with Crippen LogP contribution in [0.4, 0.5) is 11.8 Å². The molecule has 1 aromatic carbocycles. The Balaban J connectivity index is 1.81. The third-order valence-electron chi connectivity index (χ3n) is 3.41. The maximum atomic E-state index is 8.63. The van der Waals surface area contributed by atoms with Crippen molar-refractivity contribution in [3.8, 4) is 4.97 Å². The second kappa shape index (κ2) is 7.77. The number of fused-ring (bicyclic) bond motifs is 1. The van der Waals surface area contributed by atoms with Crippen LogP contribution >= 0.6 is 0 Å². The van der Waals surface area contributed by atoms with E-state index in [1.54, 1.807) is 6.33 Å². The number of hydrogen-bond acceptors (Lipinski definition) is 6. The predicted molar refractivity (Wildman–Crippen MR) is 94.7 cm³/mol. The first-order chi connectivity index (χ1) is 11.8. The summed E-state index contributed by atoms with van der Waals surface area (Å²) in [5.41, 5.74) is 2.69. The summed E-state index contributed by atoms with van der Waals surface area (Å²) in [7, 11) is 1.91. The Labute approximate surface area is 146 Å². The number of nitriles is 1. The molecule has 0 fully saturated rings. The number of rotatable bonds is 7. The molecular formula is C16H17N7Se. The van der Waals surface area contributed by atoms with E-state index >= 15 is 0 Å². The van der Waals surface area contributed by atoms with Crippen LogP contribution < -0.4 is 10.6 Å². The average molecular weight is 386 g/mol. The summed E-state index contributed by atoms with van der Waals surface area (Å²) in [6.07, 6.45) is 1.73. The summed E-state index contributed by atoms with van der Waals surface area (Å²) in [5, 5.41) is 16.0. The van der Waals surface area contributed by atoms with Crippen LogP contribution in [-0.2, 0) is 13.6 Å². The molecule has 2 aromatic heterocycles. The average Bonchev–Trinajstić information content (AvgIpc) is 2.99. The van der Waals surface area contributed by atoms with Crippen molar-refractivity contribution in [2.24, 2.45) is 7.05 Å². The number of benzene rings is 1. The fourth-order valence-electron chi connectivity index (χ4n) is 2.25. The van der Waals surface area contributed by atoms with Crippen LogP contribution in [-0.4, -0.2) is 41.0 Å². The summed E-state index contributed by atoms with van der Waals surface area (Å²) >= 11 is -0.00196. The minimum atomic E-state index is -0.00196. The number of imidazole rings is 1. The Morgan fingerprint density at radius 3 is 2.83 bits per heavy atom. The van der Waals surface area contributed by atoms with Crippen LogP contribution in [0.3, 0.4) is 0 Å². The Morgan fingerprint density at radius 2 is 2.04 bits per heavy atom. The second-order valence-corrected chi connectivity index (χ2v) is 6.97. The van der Waals surface area contributed by atoms with E-state index in [1.165, 1.54) is 5.56 Å². The molecule has 24 heavy (non-hydrogen) atoms. The van der Waals surface area contributed by atoms with Gasteiger partial charge in [0.15, 0.2) is 0 Å². The first-order valence-corrected chi connectivity index (χ1v) is 9.56. The Kier molecular flexibility index (Phi) is 5.26. The number of aromatic nitrogens is 4. The van der Waals surface area contributed by atoms with E-state index in [4.69, 9.17) is 5.26 Å². The molecular weight excluding hydrogens is 369 g/mol. The van der Waals surface area contributed by atoms with Crippen LogP contribution in [0.15, 0.2) is 36.7 Å². The Morgan fingerprint density at radius 1 is 1.21 bits per heavy atom. The van der Waals surface area contributed by atoms with Gasteiger partial charge in [-0.2, -0.15) is 0 Å². The first kappa shape index (κ1) is 16.2. The van der Waals surface area contributed by atoms with Crippen LogP contribution in [0.1, 0.15) is 5.56 Å². The standard InChI is InChI=1S/C16H17N7Se/c1-23-11-20-13-14(19-9-12-5-3-2-4-6-12)21-16(22-15(13)23)18-7-8-24-10-17/h2-6,11H,7-9H2,1H3,(H2,18,19,21,22). The molecule has 0 amide bonds. The van der Waals surface area contributed by atoms with E-state index < -0.39 is 0 Å². The molecule has 0 unspecified atom stereocenters. The van der Waals surface area contributed by atoms with Gasteiger partial charge in [0.1, 0.15) is 0 Å². The monoisotopic (exact) mass is 387 g/mol. The van der Waals surface area contributed by atoms with Gasteiger partial charge in [-0.1, -0.05) is 0 Å². The second-order valence-electron chi connectivity index (χ2n) is 5.13. The number of hydrogen-bond donors (Lipinski definition) is 2. The van der Waals surface area contributed by atoms with Crippen LogP contribution in [0.5, 0.6) is 0 Å². The topological polar surface area (TPSA) is 91.5 Å². The molecule has 0 aliphatic carbocycles. The van der Waals surface area contributed by atoms with Gasteiger partial charge in [-0.15, -0.1) is 0 Å². The molecule has 0 saturated heterocycles. The minimum absolute atomic E-state index is 0.00196. The molecule has 2 heterocycles. The van der Waals surface area contributed by atoms with Crippen LogP contribution in [0, 0.1) is 10.2 Å². The van der Waals surface area contributed by atoms with E-state index in [0.717, 1.165) is 16.5 Å². The zero-order valence-corrected chi connectivity index (χ0v) is 14.9. The zero-order valence-electron chi connectivity index (χ0n) is 13.2. The summed E-state index contributed by atoms with van der Waals surface area (Å²) in [5.74, 6) is 1.26. The van der Waals surface area contributed by atoms with Gasteiger partial charge in [0.2, 0.25) is 0 Å². The molecule has 2 N–H and O–H groups in total. The molecule has 8 heteroatoms. The van der Waals surface area contributed by atoms with E-state index in [9.17, 15) is 0 Å². The molecule has 122 valence electrons. The van der Waals surface area contributed by atoms with Gasteiger partial charge < -0.3 is 0 Å². The van der Waals surface area contributed by atoms with E-state index in [1.807, 2.05) is 29.8 Å². The molecule has 0 saturated carbocycles. The molecule has 7 nitrogen and oxygen atoms in total. The normalized spacial score (nSPS) is 10.5. The van der Waals surface area contributed by atoms with Crippen molar-refractivity contribution in [1.82, 2.24) is 19.5 Å². The van der Waals surface area contributed by atoms with Gasteiger partial charge in [0.25, 0.3) is 0 Å². The predicted octanol–water partition coefficient (Wildman–Crippen LogP) is 1.99. The number of nitrogens with one attached hydrogen (secondary N) is 2. The maximum absolute atomic E-state index is 8.63. The van der Waals surface area contributed by atoms with Crippen molar-refractivity contribution in [1.29, 1.82) is 5.26 Å². The quantitative estimate of drug-likeness (QED) is 0.477. The molecule has 0 bridgehead atoms. The van der Waals surface area contributed by atoms with Crippen LogP contribution in [0.2, 0.25) is 5.32 Å². The van der Waals surface area contributed by atoms with E-state index in [0.29, 0.717) is 24.9 Å². The molecule has 0 aliphatic heterocycles. The zero-order chi connectivity index (χ0) is 16.8. The van der Waals surface area contributed by atoms with Crippen LogP contribution in [0.25, 0.3) is 11.2 Å². The molecule has 3 aromatic rings. The first-order valence-electron chi connectivity index (χ1n) is 7.49. The van der Waals surface area contributed by atoms with Gasteiger partial charge in [-0.25, -0.2) is 0 Å². The van der Waals surface area contributed by atoms with Crippen molar-refractivity contribution in [2.45, 2.75) is 11.9 Å². The van der Waals surface area contributed by atoms with Gasteiger partial charge in [-0.3, -0.25) is 0 Å². The summed E-state index contributed by atoms with van der Waals surface area (Å²) in [6, 6.07) is 10.1.